The van der Waals surface area contributed by atoms with Crippen LogP contribution in [0.3, 0.4) is 0 Å². The lowest BCUT2D eigenvalue weighted by atomic mass is 9.64. The molecule has 0 radical (unpaired) electrons. The van der Waals surface area contributed by atoms with E-state index in [4.69, 9.17) is 4.74 Å². The van der Waals surface area contributed by atoms with Crippen molar-refractivity contribution >= 4 is 29.1 Å². The lowest BCUT2D eigenvalue weighted by Gasteiger charge is -2.37. The summed E-state index contributed by atoms with van der Waals surface area (Å²) in [6, 6.07) is 25.6. The molecule has 0 saturated carbocycles. The van der Waals surface area contributed by atoms with Gasteiger partial charge in [-0.2, -0.15) is 0 Å². The van der Waals surface area contributed by atoms with Gasteiger partial charge in [-0.25, -0.2) is 4.39 Å². The van der Waals surface area contributed by atoms with E-state index in [1.54, 1.807) is 43.5 Å². The zero-order chi connectivity index (χ0) is 27.6. The molecule has 1 aliphatic carbocycles. The molecule has 196 valence electrons. The van der Waals surface area contributed by atoms with Crippen molar-refractivity contribution in [2.45, 2.75) is 18.0 Å². The van der Waals surface area contributed by atoms with Crippen LogP contribution in [0.25, 0.3) is 6.08 Å². The number of para-hydroxylation sites is 1. The molecule has 6 heteroatoms. The molecule has 2 heterocycles. The summed E-state index contributed by atoms with van der Waals surface area (Å²) in [5.41, 5.74) is 1.79. The van der Waals surface area contributed by atoms with Gasteiger partial charge in [-0.05, 0) is 53.6 Å². The zero-order valence-electron chi connectivity index (χ0n) is 21.6. The van der Waals surface area contributed by atoms with E-state index in [0.717, 1.165) is 11.3 Å². The van der Waals surface area contributed by atoms with E-state index in [9.17, 15) is 18.8 Å². The maximum Gasteiger partial charge on any atom is 0.185 e. The highest BCUT2D eigenvalue weighted by Crippen LogP contribution is 2.61. The first-order valence-electron chi connectivity index (χ1n) is 13.1. The molecule has 1 spiro atoms. The number of ether oxygens (including phenoxy) is 1. The number of benzene rings is 4. The Balaban J connectivity index is 1.53. The average Bonchev–Trinajstić information content (AvgIpc) is 3.43. The van der Waals surface area contributed by atoms with Crippen LogP contribution in [-0.4, -0.2) is 36.5 Å². The third-order valence-electron chi connectivity index (χ3n) is 8.59. The van der Waals surface area contributed by atoms with Crippen molar-refractivity contribution in [3.8, 4) is 5.75 Å². The molecule has 5 nitrogen and oxygen atoms in total. The van der Waals surface area contributed by atoms with Crippen LogP contribution >= 0.6 is 0 Å². The molecule has 40 heavy (non-hydrogen) atoms. The SMILES string of the molecule is COc1ccc([C@@H]2[C@H](C(=O)c3ccc(F)cc3)N3c4ccccc4C=C[C@@H]3C23C(=O)c2ccccc2C3=O)cc1. The number of anilines is 1. The van der Waals surface area contributed by atoms with Gasteiger partial charge in [0.25, 0.3) is 0 Å². The fourth-order valence-electron chi connectivity index (χ4n) is 6.89. The standard InChI is InChI=1S/C34H24FNO4/c1-40-24-17-12-21(13-18-24)29-30(31(37)22-10-15-23(35)16-11-22)36-27-9-5-2-6-20(27)14-19-28(36)34(29)32(38)25-7-3-4-8-26(25)33(34)39/h2-19,28-30H,1H3/t28-,29-,30-/m1/s1. The van der Waals surface area contributed by atoms with E-state index in [1.165, 1.54) is 24.3 Å². The highest BCUT2D eigenvalue weighted by atomic mass is 19.1. The third-order valence-corrected chi connectivity index (χ3v) is 8.59. The Hall–Kier alpha value is -4.84. The van der Waals surface area contributed by atoms with Gasteiger partial charge in [0.1, 0.15) is 23.0 Å². The van der Waals surface area contributed by atoms with E-state index in [1.807, 2.05) is 53.5 Å². The third kappa shape index (κ3) is 3.16. The van der Waals surface area contributed by atoms with Crippen molar-refractivity contribution in [1.82, 2.24) is 0 Å². The Bertz CT molecular complexity index is 1690. The van der Waals surface area contributed by atoms with E-state index >= 15 is 0 Å². The highest BCUT2D eigenvalue weighted by molar-refractivity contribution is 6.32. The number of halogens is 1. The second-order valence-electron chi connectivity index (χ2n) is 10.4. The summed E-state index contributed by atoms with van der Waals surface area (Å²) in [6.07, 6.45) is 3.82. The number of hydrogen-bond acceptors (Lipinski definition) is 5. The van der Waals surface area contributed by atoms with Gasteiger partial charge in [0.15, 0.2) is 17.3 Å². The van der Waals surface area contributed by atoms with Crippen LogP contribution < -0.4 is 9.64 Å². The smallest absolute Gasteiger partial charge is 0.185 e. The molecule has 0 bridgehead atoms. The number of carbonyl (C=O) groups excluding carboxylic acids is 3. The van der Waals surface area contributed by atoms with Crippen LogP contribution in [0.4, 0.5) is 10.1 Å². The summed E-state index contributed by atoms with van der Waals surface area (Å²) in [5.74, 6) is -1.53. The van der Waals surface area contributed by atoms with Crippen molar-refractivity contribution in [3.63, 3.8) is 0 Å². The Morgan fingerprint density at radius 1 is 0.825 bits per heavy atom. The number of fused-ring (bicyclic) bond motifs is 5. The molecule has 4 aromatic carbocycles. The predicted octanol–water partition coefficient (Wildman–Crippen LogP) is 6.15. The maximum atomic E-state index is 14.6. The van der Waals surface area contributed by atoms with Gasteiger partial charge < -0.3 is 9.64 Å². The van der Waals surface area contributed by atoms with Gasteiger partial charge >= 0.3 is 0 Å². The number of methoxy groups -OCH3 is 1. The van der Waals surface area contributed by atoms with Crippen LogP contribution in [0.15, 0.2) is 103 Å². The quantitative estimate of drug-likeness (QED) is 0.234. The molecule has 1 fully saturated rings. The van der Waals surface area contributed by atoms with E-state index < -0.39 is 29.2 Å². The molecule has 0 unspecified atom stereocenters. The summed E-state index contributed by atoms with van der Waals surface area (Å²) >= 11 is 0. The van der Waals surface area contributed by atoms with Gasteiger partial charge in [0.05, 0.1) is 13.2 Å². The molecule has 2 aliphatic heterocycles. The normalized spacial score (nSPS) is 21.8. The molecular weight excluding hydrogens is 505 g/mol. The Morgan fingerprint density at radius 3 is 2.10 bits per heavy atom. The molecule has 3 atom stereocenters. The Labute approximate surface area is 230 Å². The lowest BCUT2D eigenvalue weighted by molar-refractivity contribution is 0.0666. The first kappa shape index (κ1) is 24.2. The first-order chi connectivity index (χ1) is 19.5. The van der Waals surface area contributed by atoms with Gasteiger partial charge in [-0.15, -0.1) is 0 Å². The summed E-state index contributed by atoms with van der Waals surface area (Å²) in [6.45, 7) is 0. The largest absolute Gasteiger partial charge is 0.497 e. The monoisotopic (exact) mass is 529 g/mol. The van der Waals surface area contributed by atoms with Crippen molar-refractivity contribution < 1.29 is 23.5 Å². The van der Waals surface area contributed by atoms with Gasteiger partial charge in [0.2, 0.25) is 0 Å². The molecule has 4 aromatic rings. The fourth-order valence-corrected chi connectivity index (χ4v) is 6.89. The molecule has 0 aromatic heterocycles. The molecule has 7 rings (SSSR count). The Morgan fingerprint density at radius 2 is 1.45 bits per heavy atom. The van der Waals surface area contributed by atoms with Crippen LogP contribution in [0.2, 0.25) is 0 Å². The summed E-state index contributed by atoms with van der Waals surface area (Å²) in [5, 5.41) is 0. The predicted molar refractivity (Wildman–Crippen MR) is 150 cm³/mol. The number of nitrogens with zero attached hydrogens (tertiary/aromatic N) is 1. The molecule has 1 saturated heterocycles. The summed E-state index contributed by atoms with van der Waals surface area (Å²) < 4.78 is 19.2. The number of Topliss-reactive ketones (excluding diaryl/α,β-unsaturated/α-hetero) is 3. The van der Waals surface area contributed by atoms with Crippen LogP contribution in [-0.2, 0) is 0 Å². The molecule has 3 aliphatic rings. The van der Waals surface area contributed by atoms with E-state index in [0.29, 0.717) is 28.0 Å². The second-order valence-corrected chi connectivity index (χ2v) is 10.4. The van der Waals surface area contributed by atoms with Crippen LogP contribution in [0.1, 0.15) is 48.1 Å². The highest BCUT2D eigenvalue weighted by Gasteiger charge is 2.71. The maximum absolute atomic E-state index is 14.6. The average molecular weight is 530 g/mol. The second kappa shape index (κ2) is 8.85. The van der Waals surface area contributed by atoms with Crippen molar-refractivity contribution in [2.24, 2.45) is 5.41 Å². The minimum atomic E-state index is -1.58. The molecule has 0 amide bonds. The van der Waals surface area contributed by atoms with Gasteiger partial charge in [-0.3, -0.25) is 14.4 Å². The minimum Gasteiger partial charge on any atom is -0.497 e. The summed E-state index contributed by atoms with van der Waals surface area (Å²) in [7, 11) is 1.57. The van der Waals surface area contributed by atoms with E-state index in [2.05, 4.69) is 0 Å². The van der Waals surface area contributed by atoms with Gasteiger partial charge in [0, 0.05) is 28.3 Å². The van der Waals surface area contributed by atoms with Crippen molar-refractivity contribution in [2.75, 3.05) is 12.0 Å². The molecule has 0 N–H and O–H groups in total. The Kier molecular flexibility index (Phi) is 5.36. The number of ketones is 3. The van der Waals surface area contributed by atoms with E-state index in [-0.39, 0.29) is 17.3 Å². The number of carbonyl (C=O) groups is 3. The molecular formula is C34H24FNO4. The van der Waals surface area contributed by atoms with Crippen molar-refractivity contribution in [3.05, 3.63) is 137 Å². The fraction of sp³-hybridized carbons (Fsp3) is 0.147. The number of rotatable bonds is 4. The zero-order valence-corrected chi connectivity index (χ0v) is 21.6. The van der Waals surface area contributed by atoms with Crippen molar-refractivity contribution in [1.29, 1.82) is 0 Å². The minimum absolute atomic E-state index is 0.288. The van der Waals surface area contributed by atoms with Gasteiger partial charge in [-0.1, -0.05) is 66.7 Å². The number of hydrogen-bond donors (Lipinski definition) is 0. The summed E-state index contributed by atoms with van der Waals surface area (Å²) in [4.78, 5) is 45.6. The first-order valence-corrected chi connectivity index (χ1v) is 13.1. The lowest BCUT2D eigenvalue weighted by Crippen LogP contribution is -2.48. The topological polar surface area (TPSA) is 63.7 Å². The van der Waals surface area contributed by atoms with Crippen LogP contribution in [0, 0.1) is 11.2 Å². The van der Waals surface area contributed by atoms with Crippen LogP contribution in [0.5, 0.6) is 5.75 Å².